The van der Waals surface area contributed by atoms with E-state index in [1.165, 1.54) is 12.7 Å². The van der Waals surface area contributed by atoms with Gasteiger partial charge in [0.2, 0.25) is 0 Å². The second-order valence-electron chi connectivity index (χ2n) is 8.20. The molecule has 144 valence electrons. The Labute approximate surface area is 153 Å². The maximum Gasteiger partial charge on any atom is 0.192 e. The maximum absolute atomic E-state index is 10.5. The van der Waals surface area contributed by atoms with Crippen molar-refractivity contribution in [3.05, 3.63) is 12.7 Å². The van der Waals surface area contributed by atoms with E-state index in [2.05, 4.69) is 48.8 Å². The van der Waals surface area contributed by atoms with Gasteiger partial charge >= 0.3 is 0 Å². The smallest absolute Gasteiger partial charge is 0.192 e. The van der Waals surface area contributed by atoms with Gasteiger partial charge in [0.25, 0.3) is 0 Å². The van der Waals surface area contributed by atoms with Crippen molar-refractivity contribution in [1.29, 1.82) is 0 Å². The SMILES string of the molecule is CC(C)(C)[Si](C)(C)OC[C@H]1O[C@@H](n2cnc3c(N)ncnc32)C(O)C1O. The topological polar surface area (TPSA) is 129 Å². The monoisotopic (exact) mass is 381 g/mol. The molecule has 0 amide bonds. The molecule has 0 bridgehead atoms. The molecule has 26 heavy (non-hydrogen) atoms. The van der Waals surface area contributed by atoms with Crippen molar-refractivity contribution in [3.63, 3.8) is 0 Å². The first-order valence-corrected chi connectivity index (χ1v) is 11.5. The number of fused-ring (bicyclic) bond motifs is 1. The van der Waals surface area contributed by atoms with Gasteiger partial charge < -0.3 is 25.1 Å². The third-order valence-electron chi connectivity index (χ3n) is 5.41. The quantitative estimate of drug-likeness (QED) is 0.670. The van der Waals surface area contributed by atoms with Crippen LogP contribution >= 0.6 is 0 Å². The Morgan fingerprint density at radius 3 is 2.58 bits per heavy atom. The number of rotatable bonds is 4. The Bertz CT molecular complexity index is 791. The Hall–Kier alpha value is -1.59. The van der Waals surface area contributed by atoms with Crippen LogP contribution < -0.4 is 5.73 Å². The predicted molar refractivity (Wildman–Crippen MR) is 98.8 cm³/mol. The summed E-state index contributed by atoms with van der Waals surface area (Å²) in [6.07, 6.45) is -0.852. The molecule has 1 aliphatic rings. The molecule has 2 unspecified atom stereocenters. The number of hydrogen-bond donors (Lipinski definition) is 3. The summed E-state index contributed by atoms with van der Waals surface area (Å²) in [5, 5.41) is 20.9. The molecule has 3 heterocycles. The van der Waals surface area contributed by atoms with E-state index >= 15 is 0 Å². The predicted octanol–water partition coefficient (Wildman–Crippen LogP) is 1.05. The number of aliphatic hydroxyl groups excluding tert-OH is 2. The molecule has 0 aliphatic carbocycles. The van der Waals surface area contributed by atoms with Crippen molar-refractivity contribution in [2.45, 2.75) is 63.4 Å². The third kappa shape index (κ3) is 3.23. The third-order valence-corrected chi connectivity index (χ3v) is 9.91. The van der Waals surface area contributed by atoms with Gasteiger partial charge in [-0.2, -0.15) is 0 Å². The molecule has 0 radical (unpaired) electrons. The summed E-state index contributed by atoms with van der Waals surface area (Å²) in [4.78, 5) is 12.2. The molecule has 4 atom stereocenters. The van der Waals surface area contributed by atoms with Crippen LogP contribution in [0.5, 0.6) is 0 Å². The van der Waals surface area contributed by atoms with Gasteiger partial charge in [0.15, 0.2) is 26.0 Å². The Balaban J connectivity index is 1.78. The van der Waals surface area contributed by atoms with Crippen LogP contribution in [-0.4, -0.2) is 63.0 Å². The van der Waals surface area contributed by atoms with E-state index in [1.807, 2.05) is 0 Å². The summed E-state index contributed by atoms with van der Waals surface area (Å²) in [5.74, 6) is 0.250. The second-order valence-corrected chi connectivity index (χ2v) is 13.0. The first-order chi connectivity index (χ1) is 12.0. The molecule has 9 nitrogen and oxygen atoms in total. The minimum Gasteiger partial charge on any atom is -0.414 e. The lowest BCUT2D eigenvalue weighted by molar-refractivity contribution is -0.0491. The van der Waals surface area contributed by atoms with Gasteiger partial charge in [-0.3, -0.25) is 4.57 Å². The van der Waals surface area contributed by atoms with Gasteiger partial charge in [0, 0.05) is 0 Å². The zero-order valence-electron chi connectivity index (χ0n) is 15.7. The average molecular weight is 382 g/mol. The van der Waals surface area contributed by atoms with Gasteiger partial charge in [-0.15, -0.1) is 0 Å². The fourth-order valence-electron chi connectivity index (χ4n) is 2.66. The van der Waals surface area contributed by atoms with Crippen LogP contribution in [0.2, 0.25) is 18.1 Å². The van der Waals surface area contributed by atoms with E-state index in [-0.39, 0.29) is 17.5 Å². The Morgan fingerprint density at radius 2 is 1.92 bits per heavy atom. The highest BCUT2D eigenvalue weighted by Crippen LogP contribution is 2.38. The number of hydrogen-bond acceptors (Lipinski definition) is 8. The highest BCUT2D eigenvalue weighted by atomic mass is 28.4. The number of aromatic nitrogens is 4. The van der Waals surface area contributed by atoms with Crippen LogP contribution in [0.25, 0.3) is 11.2 Å². The molecular formula is C16H27N5O4Si. The summed E-state index contributed by atoms with van der Waals surface area (Å²) in [6.45, 7) is 10.9. The number of anilines is 1. The Kier molecular flexibility index (Phi) is 4.82. The summed E-state index contributed by atoms with van der Waals surface area (Å²) >= 11 is 0. The molecule has 2 aromatic heterocycles. The number of imidazole rings is 1. The van der Waals surface area contributed by atoms with E-state index in [0.29, 0.717) is 11.2 Å². The molecule has 0 aromatic carbocycles. The van der Waals surface area contributed by atoms with Gasteiger partial charge in [0.1, 0.15) is 30.2 Å². The highest BCUT2D eigenvalue weighted by molar-refractivity contribution is 6.74. The molecule has 0 spiro atoms. The zero-order valence-corrected chi connectivity index (χ0v) is 16.7. The van der Waals surface area contributed by atoms with Gasteiger partial charge in [-0.1, -0.05) is 20.8 Å². The van der Waals surface area contributed by atoms with Crippen molar-refractivity contribution in [1.82, 2.24) is 19.5 Å². The van der Waals surface area contributed by atoms with Crippen LogP contribution in [0.4, 0.5) is 5.82 Å². The first-order valence-electron chi connectivity index (χ1n) is 8.61. The number of nitrogen functional groups attached to an aromatic ring is 1. The van der Waals surface area contributed by atoms with Crippen molar-refractivity contribution in [3.8, 4) is 0 Å². The van der Waals surface area contributed by atoms with Crippen LogP contribution in [-0.2, 0) is 9.16 Å². The summed E-state index contributed by atoms with van der Waals surface area (Å²) in [6, 6.07) is 0. The van der Waals surface area contributed by atoms with Crippen molar-refractivity contribution >= 4 is 25.3 Å². The molecule has 2 aromatic rings. The standard InChI is InChI=1S/C16H27N5O4Si/c1-16(2,3)26(4,5)24-6-9-11(22)12(23)15(25-9)21-8-20-10-13(17)18-7-19-14(10)21/h7-9,11-12,15,22-23H,6H2,1-5H3,(H2,17,18,19)/t9-,11?,12?,15-/m1/s1. The second kappa shape index (κ2) is 6.53. The lowest BCUT2D eigenvalue weighted by Crippen LogP contribution is -2.44. The van der Waals surface area contributed by atoms with E-state index < -0.39 is 32.9 Å². The van der Waals surface area contributed by atoms with Crippen LogP contribution in [0, 0.1) is 0 Å². The fourth-order valence-corrected chi connectivity index (χ4v) is 3.67. The minimum absolute atomic E-state index is 0.0452. The minimum atomic E-state index is -1.99. The zero-order chi connectivity index (χ0) is 19.3. The molecule has 1 fully saturated rings. The van der Waals surface area contributed by atoms with Crippen LogP contribution in [0.3, 0.4) is 0 Å². The molecular weight excluding hydrogens is 354 g/mol. The lowest BCUT2D eigenvalue weighted by atomic mass is 10.1. The molecule has 0 saturated carbocycles. The maximum atomic E-state index is 10.5. The normalized spacial score (nSPS) is 27.3. The van der Waals surface area contributed by atoms with E-state index in [1.54, 1.807) is 4.57 Å². The summed E-state index contributed by atoms with van der Waals surface area (Å²) in [7, 11) is -1.99. The molecule has 1 aliphatic heterocycles. The summed E-state index contributed by atoms with van der Waals surface area (Å²) < 4.78 is 13.6. The van der Waals surface area contributed by atoms with Crippen LogP contribution in [0.15, 0.2) is 12.7 Å². The van der Waals surface area contributed by atoms with Crippen molar-refractivity contribution in [2.75, 3.05) is 12.3 Å². The van der Waals surface area contributed by atoms with E-state index in [9.17, 15) is 10.2 Å². The average Bonchev–Trinajstić information content (AvgIpc) is 3.08. The number of nitrogens with zero attached hydrogens (tertiary/aromatic N) is 4. The van der Waals surface area contributed by atoms with Crippen LogP contribution in [0.1, 0.15) is 27.0 Å². The van der Waals surface area contributed by atoms with Gasteiger partial charge in [-0.25, -0.2) is 15.0 Å². The van der Waals surface area contributed by atoms with E-state index in [4.69, 9.17) is 14.9 Å². The fraction of sp³-hybridized carbons (Fsp3) is 0.688. The number of nitrogens with two attached hydrogens (primary N) is 1. The van der Waals surface area contributed by atoms with Gasteiger partial charge in [0.05, 0.1) is 12.9 Å². The largest absolute Gasteiger partial charge is 0.414 e. The van der Waals surface area contributed by atoms with Gasteiger partial charge in [-0.05, 0) is 18.1 Å². The summed E-state index contributed by atoms with van der Waals surface area (Å²) in [5.41, 5.74) is 6.67. The molecule has 1 saturated heterocycles. The Morgan fingerprint density at radius 1 is 1.23 bits per heavy atom. The lowest BCUT2D eigenvalue weighted by Gasteiger charge is -2.37. The van der Waals surface area contributed by atoms with Crippen molar-refractivity contribution in [2.24, 2.45) is 0 Å². The van der Waals surface area contributed by atoms with Crippen molar-refractivity contribution < 1.29 is 19.4 Å². The highest BCUT2D eigenvalue weighted by Gasteiger charge is 2.46. The molecule has 10 heteroatoms. The molecule has 4 N–H and O–H groups in total. The number of aliphatic hydroxyl groups is 2. The number of ether oxygens (including phenoxy) is 1. The first kappa shape index (κ1) is 19.2. The molecule has 3 rings (SSSR count). The van der Waals surface area contributed by atoms with E-state index in [0.717, 1.165) is 0 Å².